The average molecular weight is 341 g/mol. The largest absolute Gasteiger partial charge is 0.441 e. The Labute approximate surface area is 147 Å². The highest BCUT2D eigenvalue weighted by Crippen LogP contribution is 2.37. The SMILES string of the molecule is Cc1oc(-c2ccccc2)nc1CNC1C(=O)NCC12CCOCC2. The zero-order valence-electron chi connectivity index (χ0n) is 14.4. The second-order valence-electron chi connectivity index (χ2n) is 6.89. The summed E-state index contributed by atoms with van der Waals surface area (Å²) >= 11 is 0. The Kier molecular flexibility index (Phi) is 4.31. The maximum Gasteiger partial charge on any atom is 0.237 e. The summed E-state index contributed by atoms with van der Waals surface area (Å²) in [6.07, 6.45) is 1.80. The summed E-state index contributed by atoms with van der Waals surface area (Å²) in [5.41, 5.74) is 1.76. The van der Waals surface area contributed by atoms with Gasteiger partial charge in [0.25, 0.3) is 0 Å². The van der Waals surface area contributed by atoms with Crippen molar-refractivity contribution in [3.05, 3.63) is 41.8 Å². The van der Waals surface area contributed by atoms with E-state index < -0.39 is 0 Å². The van der Waals surface area contributed by atoms with E-state index in [1.807, 2.05) is 37.3 Å². The van der Waals surface area contributed by atoms with Crippen molar-refractivity contribution in [2.75, 3.05) is 19.8 Å². The highest BCUT2D eigenvalue weighted by Gasteiger charge is 2.48. The van der Waals surface area contributed by atoms with Crippen molar-refractivity contribution in [3.63, 3.8) is 0 Å². The Morgan fingerprint density at radius 2 is 2.04 bits per heavy atom. The zero-order chi connectivity index (χ0) is 17.3. The van der Waals surface area contributed by atoms with Gasteiger partial charge in [-0.15, -0.1) is 0 Å². The van der Waals surface area contributed by atoms with Crippen molar-refractivity contribution in [3.8, 4) is 11.5 Å². The molecule has 0 saturated carbocycles. The van der Waals surface area contributed by atoms with E-state index in [9.17, 15) is 4.79 Å². The molecule has 4 rings (SSSR count). The predicted molar refractivity (Wildman–Crippen MR) is 92.8 cm³/mol. The second kappa shape index (κ2) is 6.61. The summed E-state index contributed by atoms with van der Waals surface area (Å²) in [7, 11) is 0. The van der Waals surface area contributed by atoms with Gasteiger partial charge in [0.1, 0.15) is 5.76 Å². The number of hydrogen-bond donors (Lipinski definition) is 2. The number of aromatic nitrogens is 1. The first-order valence-electron chi connectivity index (χ1n) is 8.78. The van der Waals surface area contributed by atoms with E-state index in [1.165, 1.54) is 0 Å². The Morgan fingerprint density at radius 1 is 1.28 bits per heavy atom. The van der Waals surface area contributed by atoms with Crippen LogP contribution in [0.3, 0.4) is 0 Å². The number of amides is 1. The van der Waals surface area contributed by atoms with Gasteiger partial charge in [-0.3, -0.25) is 10.1 Å². The predicted octanol–water partition coefficient (Wildman–Crippen LogP) is 2.03. The summed E-state index contributed by atoms with van der Waals surface area (Å²) in [6, 6.07) is 9.64. The van der Waals surface area contributed by atoms with Crippen molar-refractivity contribution in [1.29, 1.82) is 0 Å². The smallest absolute Gasteiger partial charge is 0.237 e. The summed E-state index contributed by atoms with van der Waals surface area (Å²) in [5.74, 6) is 1.48. The normalized spacial score (nSPS) is 22.3. The van der Waals surface area contributed by atoms with E-state index in [0.717, 1.165) is 36.4 Å². The third-order valence-corrected chi connectivity index (χ3v) is 5.36. The lowest BCUT2D eigenvalue weighted by Gasteiger charge is -2.36. The molecule has 2 aromatic rings. The molecule has 6 nitrogen and oxygen atoms in total. The van der Waals surface area contributed by atoms with E-state index in [1.54, 1.807) is 0 Å². The maximum absolute atomic E-state index is 12.3. The Bertz CT molecular complexity index is 751. The number of aryl methyl sites for hydroxylation is 1. The standard InChI is InChI=1S/C19H23N3O3/c1-13-15(22-18(25-13)14-5-3-2-4-6-14)11-20-16-17(23)21-12-19(16)7-9-24-10-8-19/h2-6,16,20H,7-12H2,1H3,(H,21,23). The lowest BCUT2D eigenvalue weighted by Crippen LogP contribution is -2.49. The molecule has 1 aromatic heterocycles. The molecule has 2 saturated heterocycles. The fraction of sp³-hybridized carbons (Fsp3) is 0.474. The minimum absolute atomic E-state index is 0.0464. The van der Waals surface area contributed by atoms with Crippen molar-refractivity contribution >= 4 is 5.91 Å². The van der Waals surface area contributed by atoms with Crippen LogP contribution in [0.25, 0.3) is 11.5 Å². The first-order chi connectivity index (χ1) is 12.2. The molecule has 0 aliphatic carbocycles. The van der Waals surface area contributed by atoms with Crippen LogP contribution < -0.4 is 10.6 Å². The summed E-state index contributed by atoms with van der Waals surface area (Å²) in [6.45, 7) is 4.58. The van der Waals surface area contributed by atoms with Gasteiger partial charge in [-0.05, 0) is 31.9 Å². The van der Waals surface area contributed by atoms with Crippen LogP contribution >= 0.6 is 0 Å². The lowest BCUT2D eigenvalue weighted by molar-refractivity contribution is -0.122. The van der Waals surface area contributed by atoms with E-state index in [-0.39, 0.29) is 17.4 Å². The molecule has 2 aliphatic heterocycles. The molecule has 1 unspecified atom stereocenters. The topological polar surface area (TPSA) is 76.4 Å². The summed E-state index contributed by atoms with van der Waals surface area (Å²) < 4.78 is 11.3. The van der Waals surface area contributed by atoms with E-state index in [0.29, 0.717) is 25.6 Å². The molecule has 2 aliphatic rings. The van der Waals surface area contributed by atoms with E-state index in [4.69, 9.17) is 9.15 Å². The minimum Gasteiger partial charge on any atom is -0.441 e. The third kappa shape index (κ3) is 3.07. The van der Waals surface area contributed by atoms with Gasteiger partial charge in [-0.2, -0.15) is 0 Å². The third-order valence-electron chi connectivity index (χ3n) is 5.36. The van der Waals surface area contributed by atoms with Gasteiger partial charge >= 0.3 is 0 Å². The molecule has 132 valence electrons. The first kappa shape index (κ1) is 16.3. The highest BCUT2D eigenvalue weighted by atomic mass is 16.5. The number of carbonyl (C=O) groups excluding carboxylic acids is 1. The number of carbonyl (C=O) groups is 1. The molecule has 1 aromatic carbocycles. The number of oxazole rings is 1. The van der Waals surface area contributed by atoms with E-state index in [2.05, 4.69) is 15.6 Å². The summed E-state index contributed by atoms with van der Waals surface area (Å²) in [4.78, 5) is 16.9. The van der Waals surface area contributed by atoms with Gasteiger partial charge < -0.3 is 14.5 Å². The van der Waals surface area contributed by atoms with Gasteiger partial charge in [0.05, 0.1) is 11.7 Å². The lowest BCUT2D eigenvalue weighted by atomic mass is 9.76. The van der Waals surface area contributed by atoms with Crippen LogP contribution in [0.1, 0.15) is 24.3 Å². The number of hydrogen-bond acceptors (Lipinski definition) is 5. The van der Waals surface area contributed by atoms with Crippen LogP contribution in [0.4, 0.5) is 0 Å². The minimum atomic E-state index is -0.201. The van der Waals surface area contributed by atoms with Gasteiger partial charge in [0.15, 0.2) is 0 Å². The highest BCUT2D eigenvalue weighted by molar-refractivity contribution is 5.85. The van der Waals surface area contributed by atoms with Crippen molar-refractivity contribution < 1.29 is 13.9 Å². The fourth-order valence-corrected chi connectivity index (χ4v) is 3.79. The number of ether oxygens (including phenoxy) is 1. The Balaban J connectivity index is 1.49. The maximum atomic E-state index is 12.3. The molecule has 2 N–H and O–H groups in total. The first-order valence-corrected chi connectivity index (χ1v) is 8.78. The number of rotatable bonds is 4. The molecule has 25 heavy (non-hydrogen) atoms. The molecule has 1 amide bonds. The zero-order valence-corrected chi connectivity index (χ0v) is 14.4. The van der Waals surface area contributed by atoms with Crippen LogP contribution in [0.2, 0.25) is 0 Å². The Morgan fingerprint density at radius 3 is 2.80 bits per heavy atom. The monoisotopic (exact) mass is 341 g/mol. The van der Waals surface area contributed by atoms with Crippen LogP contribution in [0, 0.1) is 12.3 Å². The number of benzene rings is 1. The van der Waals surface area contributed by atoms with Gasteiger partial charge in [0, 0.05) is 37.3 Å². The average Bonchev–Trinajstić information content (AvgIpc) is 3.16. The molecule has 3 heterocycles. The molecular formula is C19H23N3O3. The second-order valence-corrected chi connectivity index (χ2v) is 6.89. The van der Waals surface area contributed by atoms with Crippen molar-refractivity contribution in [2.45, 2.75) is 32.4 Å². The molecule has 1 spiro atoms. The molecule has 6 heteroatoms. The molecular weight excluding hydrogens is 318 g/mol. The van der Waals surface area contributed by atoms with Gasteiger partial charge in [0.2, 0.25) is 11.8 Å². The van der Waals surface area contributed by atoms with Crippen LogP contribution in [0.5, 0.6) is 0 Å². The number of nitrogens with zero attached hydrogens (tertiary/aromatic N) is 1. The van der Waals surface area contributed by atoms with Crippen LogP contribution in [-0.2, 0) is 16.1 Å². The van der Waals surface area contributed by atoms with Gasteiger partial charge in [-0.1, -0.05) is 18.2 Å². The molecule has 0 radical (unpaired) electrons. The van der Waals surface area contributed by atoms with E-state index >= 15 is 0 Å². The fourth-order valence-electron chi connectivity index (χ4n) is 3.79. The van der Waals surface area contributed by atoms with Crippen LogP contribution in [-0.4, -0.2) is 36.7 Å². The summed E-state index contributed by atoms with van der Waals surface area (Å²) in [5, 5.41) is 6.43. The van der Waals surface area contributed by atoms with Crippen molar-refractivity contribution in [2.24, 2.45) is 5.41 Å². The van der Waals surface area contributed by atoms with Crippen molar-refractivity contribution in [1.82, 2.24) is 15.6 Å². The molecule has 2 fully saturated rings. The Hall–Kier alpha value is -2.18. The molecule has 0 bridgehead atoms. The molecule has 1 atom stereocenters. The van der Waals surface area contributed by atoms with Gasteiger partial charge in [-0.25, -0.2) is 4.98 Å². The number of nitrogens with one attached hydrogen (secondary N) is 2. The quantitative estimate of drug-likeness (QED) is 0.890. The van der Waals surface area contributed by atoms with Crippen LogP contribution in [0.15, 0.2) is 34.7 Å².